The third kappa shape index (κ3) is 5.75. The van der Waals surface area contributed by atoms with Gasteiger partial charge in [0.2, 0.25) is 0 Å². The van der Waals surface area contributed by atoms with E-state index in [1.807, 2.05) is 18.2 Å². The first kappa shape index (κ1) is 22.5. The summed E-state index contributed by atoms with van der Waals surface area (Å²) in [7, 11) is 0. The topological polar surface area (TPSA) is 100 Å². The summed E-state index contributed by atoms with van der Waals surface area (Å²) in [5.74, 6) is 0.821. The Labute approximate surface area is 196 Å². The molecule has 168 valence electrons. The molecule has 0 saturated carbocycles. The number of pyridine rings is 1. The highest BCUT2D eigenvalue weighted by Gasteiger charge is 2.09. The summed E-state index contributed by atoms with van der Waals surface area (Å²) in [4.78, 5) is 25.6. The second-order valence-corrected chi connectivity index (χ2v) is 8.20. The Kier molecular flexibility index (Phi) is 7.00. The summed E-state index contributed by atoms with van der Waals surface area (Å²) in [6, 6.07) is 18.3. The Balaban J connectivity index is 1.35. The SMILES string of the molecule is C[C@H](CCCNC(=O)Nc1ccc2ncc(-c3ccc(O)c(Cl)c3)nc2n1)c1ccccc1. The molecule has 0 spiro atoms. The number of phenols is 1. The van der Waals surface area contributed by atoms with E-state index in [1.54, 1.807) is 30.5 Å². The highest BCUT2D eigenvalue weighted by atomic mass is 35.5. The van der Waals surface area contributed by atoms with Gasteiger partial charge < -0.3 is 10.4 Å². The molecule has 2 aromatic carbocycles. The van der Waals surface area contributed by atoms with E-state index in [0.29, 0.717) is 40.7 Å². The number of nitrogens with one attached hydrogen (secondary N) is 2. The molecule has 2 aromatic heterocycles. The lowest BCUT2D eigenvalue weighted by molar-refractivity contribution is 0.251. The van der Waals surface area contributed by atoms with Crippen LogP contribution < -0.4 is 10.6 Å². The number of phenolic OH excluding ortho intramolecular Hbond substituents is 1. The molecular weight excluding hydrogens is 438 g/mol. The first-order valence-corrected chi connectivity index (χ1v) is 11.1. The summed E-state index contributed by atoms with van der Waals surface area (Å²) >= 11 is 6.00. The zero-order valence-corrected chi connectivity index (χ0v) is 18.9. The number of carbonyl (C=O) groups is 1. The maximum Gasteiger partial charge on any atom is 0.320 e. The van der Waals surface area contributed by atoms with Crippen LogP contribution in [0.1, 0.15) is 31.2 Å². The monoisotopic (exact) mass is 461 g/mol. The number of rotatable bonds is 7. The lowest BCUT2D eigenvalue weighted by Crippen LogP contribution is -2.30. The number of fused-ring (bicyclic) bond motifs is 1. The molecule has 3 N–H and O–H groups in total. The molecule has 33 heavy (non-hydrogen) atoms. The fourth-order valence-corrected chi connectivity index (χ4v) is 3.67. The molecule has 7 nitrogen and oxygen atoms in total. The molecule has 0 radical (unpaired) electrons. The van der Waals surface area contributed by atoms with E-state index in [1.165, 1.54) is 11.6 Å². The number of nitrogens with zero attached hydrogens (tertiary/aromatic N) is 3. The number of aromatic hydroxyl groups is 1. The lowest BCUT2D eigenvalue weighted by atomic mass is 9.96. The Morgan fingerprint density at radius 2 is 1.91 bits per heavy atom. The van der Waals surface area contributed by atoms with Crippen LogP contribution in [0.5, 0.6) is 5.75 Å². The third-order valence-electron chi connectivity index (χ3n) is 5.36. The molecule has 0 saturated heterocycles. The maximum absolute atomic E-state index is 12.3. The fourth-order valence-electron chi connectivity index (χ4n) is 3.49. The minimum atomic E-state index is -0.316. The smallest absolute Gasteiger partial charge is 0.320 e. The molecule has 0 aliphatic rings. The average molecular weight is 462 g/mol. The predicted octanol–water partition coefficient (Wildman–Crippen LogP) is 5.76. The number of amides is 2. The van der Waals surface area contributed by atoms with E-state index in [4.69, 9.17) is 11.6 Å². The fraction of sp³-hybridized carbons (Fsp3) is 0.200. The van der Waals surface area contributed by atoms with E-state index in [0.717, 1.165) is 12.8 Å². The molecule has 1 atom stereocenters. The van der Waals surface area contributed by atoms with Gasteiger partial charge in [-0.1, -0.05) is 48.9 Å². The number of carbonyl (C=O) groups excluding carboxylic acids is 1. The molecule has 2 heterocycles. The summed E-state index contributed by atoms with van der Waals surface area (Å²) < 4.78 is 0. The Hall–Kier alpha value is -3.71. The van der Waals surface area contributed by atoms with Crippen LogP contribution in [0.4, 0.5) is 10.6 Å². The van der Waals surface area contributed by atoms with Crippen molar-refractivity contribution >= 4 is 34.6 Å². The highest BCUT2D eigenvalue weighted by molar-refractivity contribution is 6.32. The Bertz CT molecular complexity index is 1270. The maximum atomic E-state index is 12.3. The van der Waals surface area contributed by atoms with Crippen molar-refractivity contribution in [2.24, 2.45) is 0 Å². The highest BCUT2D eigenvalue weighted by Crippen LogP contribution is 2.28. The van der Waals surface area contributed by atoms with Gasteiger partial charge in [0, 0.05) is 12.1 Å². The van der Waals surface area contributed by atoms with Gasteiger partial charge in [-0.05, 0) is 54.7 Å². The molecule has 0 aliphatic heterocycles. The van der Waals surface area contributed by atoms with Crippen LogP contribution in [0.2, 0.25) is 5.02 Å². The first-order chi connectivity index (χ1) is 16.0. The zero-order chi connectivity index (χ0) is 23.2. The van der Waals surface area contributed by atoms with Gasteiger partial charge in [-0.15, -0.1) is 0 Å². The largest absolute Gasteiger partial charge is 0.506 e. The number of benzene rings is 2. The van der Waals surface area contributed by atoms with Gasteiger partial charge in [0.15, 0.2) is 5.65 Å². The average Bonchev–Trinajstić information content (AvgIpc) is 2.83. The Morgan fingerprint density at radius 1 is 1.09 bits per heavy atom. The van der Waals surface area contributed by atoms with Crippen LogP contribution in [0.3, 0.4) is 0 Å². The van der Waals surface area contributed by atoms with E-state index in [9.17, 15) is 9.90 Å². The van der Waals surface area contributed by atoms with E-state index in [2.05, 4.69) is 44.6 Å². The van der Waals surface area contributed by atoms with Gasteiger partial charge in [0.1, 0.15) is 17.1 Å². The van der Waals surface area contributed by atoms with Gasteiger partial charge in [-0.3, -0.25) is 10.3 Å². The van der Waals surface area contributed by atoms with E-state index < -0.39 is 0 Å². The van der Waals surface area contributed by atoms with Crippen LogP contribution in [-0.2, 0) is 0 Å². The van der Waals surface area contributed by atoms with Crippen molar-refractivity contribution < 1.29 is 9.90 Å². The standard InChI is InChI=1S/C25H24ClN5O2/c1-16(17-7-3-2-4-8-17)6-5-13-27-25(33)31-23-12-10-20-24(30-23)29-21(15-28-20)18-9-11-22(32)19(26)14-18/h2-4,7-12,14-16,32H,5-6,13H2,1H3,(H2,27,29,30,31,33)/t16-/m1/s1. The molecule has 0 bridgehead atoms. The van der Waals surface area contributed by atoms with Crippen molar-refractivity contribution in [2.45, 2.75) is 25.7 Å². The number of anilines is 1. The van der Waals surface area contributed by atoms with Crippen molar-refractivity contribution in [3.8, 4) is 17.0 Å². The van der Waals surface area contributed by atoms with E-state index in [-0.39, 0.29) is 16.8 Å². The normalized spacial score (nSPS) is 11.8. The van der Waals surface area contributed by atoms with Gasteiger partial charge in [-0.25, -0.2) is 14.8 Å². The van der Waals surface area contributed by atoms with Crippen LogP contribution in [0, 0.1) is 0 Å². The molecule has 0 fully saturated rings. The van der Waals surface area contributed by atoms with Crippen molar-refractivity contribution in [3.05, 3.63) is 77.4 Å². The van der Waals surface area contributed by atoms with Crippen LogP contribution in [0.25, 0.3) is 22.4 Å². The summed E-state index contributed by atoms with van der Waals surface area (Å²) in [5.41, 5.74) is 3.56. The summed E-state index contributed by atoms with van der Waals surface area (Å²) in [5, 5.41) is 15.5. The first-order valence-electron chi connectivity index (χ1n) is 10.7. The van der Waals surface area contributed by atoms with Gasteiger partial charge in [0.25, 0.3) is 0 Å². The molecule has 0 unspecified atom stereocenters. The van der Waals surface area contributed by atoms with Gasteiger partial charge in [0.05, 0.1) is 16.9 Å². The van der Waals surface area contributed by atoms with Gasteiger partial charge >= 0.3 is 6.03 Å². The van der Waals surface area contributed by atoms with Crippen LogP contribution >= 0.6 is 11.6 Å². The minimum absolute atomic E-state index is 0.000637. The summed E-state index contributed by atoms with van der Waals surface area (Å²) in [6.45, 7) is 2.76. The molecule has 8 heteroatoms. The lowest BCUT2D eigenvalue weighted by Gasteiger charge is -2.12. The molecule has 4 aromatic rings. The van der Waals surface area contributed by atoms with Crippen LogP contribution in [0.15, 0.2) is 66.9 Å². The molecular formula is C25H24ClN5O2. The number of urea groups is 1. The predicted molar refractivity (Wildman–Crippen MR) is 131 cm³/mol. The number of hydrogen-bond donors (Lipinski definition) is 3. The molecule has 2 amide bonds. The minimum Gasteiger partial charge on any atom is -0.506 e. The van der Waals surface area contributed by atoms with E-state index >= 15 is 0 Å². The number of aromatic nitrogens is 3. The number of hydrogen-bond acceptors (Lipinski definition) is 5. The van der Waals surface area contributed by atoms with Gasteiger partial charge in [-0.2, -0.15) is 0 Å². The zero-order valence-electron chi connectivity index (χ0n) is 18.1. The molecule has 4 rings (SSSR count). The van der Waals surface area contributed by atoms with Crippen molar-refractivity contribution in [2.75, 3.05) is 11.9 Å². The third-order valence-corrected chi connectivity index (χ3v) is 5.66. The second kappa shape index (κ2) is 10.3. The molecule has 0 aliphatic carbocycles. The van der Waals surface area contributed by atoms with Crippen molar-refractivity contribution in [1.29, 1.82) is 0 Å². The van der Waals surface area contributed by atoms with Crippen LogP contribution in [-0.4, -0.2) is 32.6 Å². The number of halogens is 1. The Morgan fingerprint density at radius 3 is 2.70 bits per heavy atom. The quantitative estimate of drug-likeness (QED) is 0.304. The van der Waals surface area contributed by atoms with Crippen molar-refractivity contribution in [1.82, 2.24) is 20.3 Å². The second-order valence-electron chi connectivity index (χ2n) is 7.80. The summed E-state index contributed by atoms with van der Waals surface area (Å²) in [6.07, 6.45) is 3.47. The van der Waals surface area contributed by atoms with Crippen molar-refractivity contribution in [3.63, 3.8) is 0 Å².